The van der Waals surface area contributed by atoms with E-state index < -0.39 is 5.60 Å². The van der Waals surface area contributed by atoms with Gasteiger partial charge in [-0.25, -0.2) is 19.4 Å². The predicted molar refractivity (Wildman–Crippen MR) is 149 cm³/mol. The van der Waals surface area contributed by atoms with Crippen molar-refractivity contribution in [2.24, 2.45) is 4.99 Å². The molecule has 39 heavy (non-hydrogen) atoms. The summed E-state index contributed by atoms with van der Waals surface area (Å²) in [6.45, 7) is 4.31. The first-order valence-corrected chi connectivity index (χ1v) is 12.6. The topological polar surface area (TPSA) is 114 Å². The zero-order valence-corrected chi connectivity index (χ0v) is 21.8. The van der Waals surface area contributed by atoms with Crippen LogP contribution in [0.2, 0.25) is 0 Å². The highest BCUT2D eigenvalue weighted by molar-refractivity contribution is 6.01. The molecule has 0 unspecified atom stereocenters. The first-order chi connectivity index (χ1) is 18.9. The molecule has 0 radical (unpaired) electrons. The van der Waals surface area contributed by atoms with Crippen molar-refractivity contribution >= 4 is 18.1 Å². The number of aromatic amines is 1. The summed E-state index contributed by atoms with van der Waals surface area (Å²) in [5.74, 6) is 1.72. The lowest BCUT2D eigenvalue weighted by Crippen LogP contribution is -2.49. The van der Waals surface area contributed by atoms with E-state index in [-0.39, 0.29) is 5.82 Å². The largest absolute Gasteiger partial charge is 0.497 e. The Morgan fingerprint density at radius 3 is 2.31 bits per heavy atom. The summed E-state index contributed by atoms with van der Waals surface area (Å²) in [6, 6.07) is 15.6. The van der Waals surface area contributed by atoms with Crippen molar-refractivity contribution in [1.82, 2.24) is 19.9 Å². The standard InChI is InChI=1S/C29H30FN7O2/c1-29(38,22-5-7-24(30)8-6-22)23-17-33-28(34-18-23)37-13-11-36(12-14-37)27(35-19-31)26-15-21(16-32-26)20-3-9-25(39-2)10-4-20/h3-10,15-19,31-32,38H,11-14H2,1-2H3/b31-19?,35-27+/t29-/m0/s1. The van der Waals surface area contributed by atoms with Gasteiger partial charge in [0.1, 0.15) is 23.5 Å². The molecular formula is C29H30FN7O2. The fraction of sp³-hybridized carbons (Fsp3) is 0.241. The van der Waals surface area contributed by atoms with E-state index in [1.165, 1.54) is 12.1 Å². The average Bonchev–Trinajstić information content (AvgIpc) is 3.46. The van der Waals surface area contributed by atoms with Crippen molar-refractivity contribution in [1.29, 1.82) is 5.41 Å². The van der Waals surface area contributed by atoms with Crippen LogP contribution in [0.3, 0.4) is 0 Å². The Balaban J connectivity index is 1.25. The number of ether oxygens (including phenoxy) is 1. The van der Waals surface area contributed by atoms with E-state index >= 15 is 0 Å². The molecule has 3 heterocycles. The van der Waals surface area contributed by atoms with Crippen LogP contribution in [-0.4, -0.2) is 70.4 Å². The van der Waals surface area contributed by atoms with E-state index in [1.54, 1.807) is 38.6 Å². The van der Waals surface area contributed by atoms with Gasteiger partial charge < -0.3 is 24.6 Å². The minimum Gasteiger partial charge on any atom is -0.497 e. The molecule has 1 atom stereocenters. The van der Waals surface area contributed by atoms with Gasteiger partial charge in [0.05, 0.1) is 12.8 Å². The van der Waals surface area contributed by atoms with Crippen LogP contribution in [0.4, 0.5) is 10.3 Å². The maximum atomic E-state index is 13.3. The molecule has 1 fully saturated rings. The number of H-pyrrole nitrogens is 1. The number of methoxy groups -OCH3 is 1. The fourth-order valence-corrected chi connectivity index (χ4v) is 4.65. The monoisotopic (exact) mass is 527 g/mol. The van der Waals surface area contributed by atoms with Crippen LogP contribution in [-0.2, 0) is 5.60 Å². The number of amidine groups is 1. The maximum absolute atomic E-state index is 13.3. The lowest BCUT2D eigenvalue weighted by Gasteiger charge is -2.36. The van der Waals surface area contributed by atoms with Crippen molar-refractivity contribution in [3.8, 4) is 16.9 Å². The van der Waals surface area contributed by atoms with Crippen LogP contribution >= 0.6 is 0 Å². The molecule has 0 spiro atoms. The summed E-state index contributed by atoms with van der Waals surface area (Å²) < 4.78 is 18.6. The number of aliphatic imine (C=N–C) groups is 1. The number of hydrogen-bond donors (Lipinski definition) is 3. The molecule has 3 N–H and O–H groups in total. The number of piperazine rings is 1. The highest BCUT2D eigenvalue weighted by Gasteiger charge is 2.28. The number of nitrogens with zero attached hydrogens (tertiary/aromatic N) is 5. The molecule has 9 nitrogen and oxygen atoms in total. The number of halogens is 1. The van der Waals surface area contributed by atoms with Crippen molar-refractivity contribution in [3.05, 3.63) is 95.8 Å². The molecule has 10 heteroatoms. The summed E-state index contributed by atoms with van der Waals surface area (Å²) in [6.07, 6.45) is 6.22. The van der Waals surface area contributed by atoms with Gasteiger partial charge in [0.15, 0.2) is 5.84 Å². The molecule has 0 aliphatic carbocycles. The van der Waals surface area contributed by atoms with E-state index in [9.17, 15) is 9.50 Å². The minimum atomic E-state index is -1.34. The van der Waals surface area contributed by atoms with Crippen LogP contribution < -0.4 is 9.64 Å². The third-order valence-corrected chi connectivity index (χ3v) is 7.00. The number of rotatable bonds is 7. The van der Waals surface area contributed by atoms with E-state index in [2.05, 4.69) is 29.7 Å². The third-order valence-electron chi connectivity index (χ3n) is 7.00. The number of anilines is 1. The summed E-state index contributed by atoms with van der Waals surface area (Å²) >= 11 is 0. The highest BCUT2D eigenvalue weighted by atomic mass is 19.1. The Bertz CT molecular complexity index is 1440. The van der Waals surface area contributed by atoms with Crippen LogP contribution in [0.5, 0.6) is 5.75 Å². The molecule has 2 aromatic heterocycles. The van der Waals surface area contributed by atoms with E-state index in [0.717, 1.165) is 28.9 Å². The quantitative estimate of drug-likeness (QED) is 0.247. The molecule has 1 saturated heterocycles. The molecule has 200 valence electrons. The summed E-state index contributed by atoms with van der Waals surface area (Å²) in [7, 11) is 1.64. The number of hydrogen-bond acceptors (Lipinski definition) is 6. The maximum Gasteiger partial charge on any atom is 0.225 e. The Kier molecular flexibility index (Phi) is 7.38. The SMILES string of the molecule is COc1ccc(-c2c[nH]c(/C(=N\C=N)N3CCN(c4ncc([C@@](C)(O)c5ccc(F)cc5)cn4)CC3)c2)cc1. The van der Waals surface area contributed by atoms with Crippen molar-refractivity contribution in [3.63, 3.8) is 0 Å². The summed E-state index contributed by atoms with van der Waals surface area (Å²) in [5.41, 5.74) is 2.65. The van der Waals surface area contributed by atoms with Crippen LogP contribution in [0.1, 0.15) is 23.7 Å². The molecule has 5 rings (SSSR count). The lowest BCUT2D eigenvalue weighted by molar-refractivity contribution is 0.101. The van der Waals surface area contributed by atoms with Gasteiger partial charge in [-0.15, -0.1) is 0 Å². The lowest BCUT2D eigenvalue weighted by atomic mass is 9.90. The van der Waals surface area contributed by atoms with Gasteiger partial charge in [0.25, 0.3) is 0 Å². The predicted octanol–water partition coefficient (Wildman–Crippen LogP) is 4.05. The van der Waals surface area contributed by atoms with Gasteiger partial charge in [-0.3, -0.25) is 5.41 Å². The Morgan fingerprint density at radius 2 is 1.69 bits per heavy atom. The fourth-order valence-electron chi connectivity index (χ4n) is 4.65. The summed E-state index contributed by atoms with van der Waals surface area (Å²) in [5, 5.41) is 18.6. The Hall–Kier alpha value is -4.57. The zero-order valence-electron chi connectivity index (χ0n) is 21.8. The minimum absolute atomic E-state index is 0.358. The smallest absolute Gasteiger partial charge is 0.225 e. The van der Waals surface area contributed by atoms with Gasteiger partial charge in [-0.05, 0) is 53.9 Å². The van der Waals surface area contributed by atoms with Gasteiger partial charge >= 0.3 is 0 Å². The second-order valence-corrected chi connectivity index (χ2v) is 9.44. The molecule has 1 aliphatic heterocycles. The third kappa shape index (κ3) is 5.51. The Labute approximate surface area is 226 Å². The van der Waals surface area contributed by atoms with Gasteiger partial charge in [-0.1, -0.05) is 24.3 Å². The van der Waals surface area contributed by atoms with Crippen LogP contribution in [0.25, 0.3) is 11.1 Å². The highest BCUT2D eigenvalue weighted by Crippen LogP contribution is 2.29. The second-order valence-electron chi connectivity index (χ2n) is 9.44. The number of nitrogens with one attached hydrogen (secondary N) is 2. The van der Waals surface area contributed by atoms with E-state index in [1.807, 2.05) is 36.5 Å². The van der Waals surface area contributed by atoms with Gasteiger partial charge in [0, 0.05) is 50.3 Å². The first kappa shape index (κ1) is 26.1. The normalized spacial score (nSPS) is 15.6. The molecule has 4 aromatic rings. The molecule has 0 amide bonds. The van der Waals surface area contributed by atoms with E-state index in [4.69, 9.17) is 10.1 Å². The number of aromatic nitrogens is 3. The van der Waals surface area contributed by atoms with E-state index in [0.29, 0.717) is 49.1 Å². The molecule has 1 aliphatic rings. The zero-order chi connectivity index (χ0) is 27.4. The first-order valence-electron chi connectivity index (χ1n) is 12.6. The molecule has 2 aromatic carbocycles. The van der Waals surface area contributed by atoms with Gasteiger partial charge in [-0.2, -0.15) is 0 Å². The van der Waals surface area contributed by atoms with Crippen molar-refractivity contribution < 1.29 is 14.2 Å². The van der Waals surface area contributed by atoms with Gasteiger partial charge in [0.2, 0.25) is 5.95 Å². The average molecular weight is 528 g/mol. The van der Waals surface area contributed by atoms with Crippen LogP contribution in [0, 0.1) is 11.2 Å². The van der Waals surface area contributed by atoms with Crippen molar-refractivity contribution in [2.45, 2.75) is 12.5 Å². The Morgan fingerprint density at radius 1 is 1.03 bits per heavy atom. The molecule has 0 saturated carbocycles. The second kappa shape index (κ2) is 11.0. The summed E-state index contributed by atoms with van der Waals surface area (Å²) in [4.78, 5) is 20.9. The molecular weight excluding hydrogens is 497 g/mol. The van der Waals surface area contributed by atoms with Crippen molar-refractivity contribution in [2.75, 3.05) is 38.2 Å². The van der Waals surface area contributed by atoms with Crippen LogP contribution in [0.15, 0.2) is 78.2 Å². The number of aliphatic hydroxyl groups is 1. The number of benzene rings is 2. The molecule has 0 bridgehead atoms.